The number of hydrogen-bond donors (Lipinski definition) is 0. The molecule has 7 nitrogen and oxygen atoms in total. The van der Waals surface area contributed by atoms with Crippen LogP contribution in [0.5, 0.6) is 11.5 Å². The molecule has 0 N–H and O–H groups in total. The normalized spacial score (nSPS) is 16.3. The lowest BCUT2D eigenvalue weighted by atomic mass is 9.73. The predicted molar refractivity (Wildman–Crippen MR) is 152 cm³/mol. The molecule has 1 saturated heterocycles. The largest absolute Gasteiger partial charge is 0.496 e. The number of thiocarbonyl (C=S) groups is 1. The number of likely N-dealkylation sites (N-methyl/N-ethyl adjacent to an activating group) is 2. The maximum atomic E-state index is 12.9. The summed E-state index contributed by atoms with van der Waals surface area (Å²) in [6.07, 6.45) is 1.53. The number of benzene rings is 3. The first kappa shape index (κ1) is 25.5. The van der Waals surface area contributed by atoms with E-state index >= 15 is 0 Å². The van der Waals surface area contributed by atoms with Crippen LogP contribution in [0, 0.1) is 0 Å². The number of ether oxygens (including phenoxy) is 2. The molecule has 0 aliphatic carbocycles. The van der Waals surface area contributed by atoms with E-state index in [1.165, 1.54) is 27.0 Å². The van der Waals surface area contributed by atoms with Gasteiger partial charge in [-0.25, -0.2) is 0 Å². The lowest BCUT2D eigenvalue weighted by molar-refractivity contribution is -0.132. The summed E-state index contributed by atoms with van der Waals surface area (Å²) >= 11 is 5.21. The Morgan fingerprint density at radius 3 is 1.76 bits per heavy atom. The summed E-state index contributed by atoms with van der Waals surface area (Å²) in [5.41, 5.74) is 5.56. The minimum atomic E-state index is -0.468. The molecule has 0 spiro atoms. The summed E-state index contributed by atoms with van der Waals surface area (Å²) in [7, 11) is 6.27. The Balaban J connectivity index is 1.72. The van der Waals surface area contributed by atoms with Crippen molar-refractivity contribution in [1.29, 1.82) is 0 Å². The Bertz CT molecular complexity index is 1450. The summed E-state index contributed by atoms with van der Waals surface area (Å²) in [4.78, 5) is 30.6. The number of nitrogens with zero attached hydrogens (tertiary/aromatic N) is 3. The number of rotatable bonds is 4. The number of carbonyl (C=O) groups is 2. The molecule has 3 aromatic carbocycles. The van der Waals surface area contributed by atoms with Crippen LogP contribution >= 0.6 is 12.2 Å². The van der Waals surface area contributed by atoms with Gasteiger partial charge in [0.15, 0.2) is 5.11 Å². The molecule has 2 aliphatic rings. The smallest absolute Gasteiger partial charge is 0.265 e. The third kappa shape index (κ3) is 3.75. The third-order valence-electron chi connectivity index (χ3n) is 7.35. The first-order valence-corrected chi connectivity index (χ1v) is 12.6. The molecule has 0 unspecified atom stereocenters. The molecule has 0 bridgehead atoms. The summed E-state index contributed by atoms with van der Waals surface area (Å²) in [6, 6.07) is 20.3. The Labute approximate surface area is 227 Å². The predicted octanol–water partition coefficient (Wildman–Crippen LogP) is 5.41. The number of amides is 2. The lowest BCUT2D eigenvalue weighted by Gasteiger charge is -2.42. The molecule has 2 heterocycles. The lowest BCUT2D eigenvalue weighted by Crippen LogP contribution is -2.52. The van der Waals surface area contributed by atoms with E-state index in [4.69, 9.17) is 21.7 Å². The van der Waals surface area contributed by atoms with E-state index in [0.29, 0.717) is 17.1 Å². The van der Waals surface area contributed by atoms with Crippen LogP contribution in [0.25, 0.3) is 6.08 Å². The minimum Gasteiger partial charge on any atom is -0.496 e. The van der Waals surface area contributed by atoms with E-state index in [2.05, 4.69) is 55.1 Å². The molecule has 2 aliphatic heterocycles. The van der Waals surface area contributed by atoms with E-state index in [1.54, 1.807) is 34.4 Å². The van der Waals surface area contributed by atoms with Crippen molar-refractivity contribution in [3.8, 4) is 11.5 Å². The molecular formula is C30H29N3O4S. The monoisotopic (exact) mass is 527 g/mol. The molecule has 0 saturated carbocycles. The maximum absolute atomic E-state index is 12.9. The fraction of sp³-hybridized carbons (Fsp3) is 0.233. The third-order valence-corrected chi connectivity index (χ3v) is 7.90. The Hall–Kier alpha value is -4.17. The number of fused-ring (bicyclic) bond motifs is 2. The highest BCUT2D eigenvalue weighted by Crippen LogP contribution is 2.54. The van der Waals surface area contributed by atoms with Gasteiger partial charge in [-0.2, -0.15) is 0 Å². The number of carbonyl (C=O) groups excluding carboxylic acids is 2. The highest BCUT2D eigenvalue weighted by Gasteiger charge is 2.38. The molecule has 1 fully saturated rings. The fourth-order valence-corrected chi connectivity index (χ4v) is 5.42. The first-order chi connectivity index (χ1) is 18.1. The molecule has 194 valence electrons. The van der Waals surface area contributed by atoms with Crippen LogP contribution in [0.4, 0.5) is 17.1 Å². The summed E-state index contributed by atoms with van der Waals surface area (Å²) < 4.78 is 11.7. The molecule has 0 aromatic heterocycles. The van der Waals surface area contributed by atoms with Crippen molar-refractivity contribution in [2.45, 2.75) is 19.3 Å². The molecule has 3 aromatic rings. The van der Waals surface area contributed by atoms with Crippen LogP contribution in [-0.4, -0.2) is 55.0 Å². The van der Waals surface area contributed by atoms with Crippen LogP contribution in [-0.2, 0) is 15.0 Å². The molecule has 0 atom stereocenters. The van der Waals surface area contributed by atoms with Crippen LogP contribution in [0.3, 0.4) is 0 Å². The van der Waals surface area contributed by atoms with Gasteiger partial charge in [-0.05, 0) is 47.6 Å². The zero-order valence-corrected chi connectivity index (χ0v) is 23.1. The first-order valence-electron chi connectivity index (χ1n) is 12.2. The van der Waals surface area contributed by atoms with E-state index in [9.17, 15) is 9.59 Å². The van der Waals surface area contributed by atoms with Gasteiger partial charge in [0.25, 0.3) is 11.8 Å². The van der Waals surface area contributed by atoms with Crippen molar-refractivity contribution in [1.82, 2.24) is 9.80 Å². The zero-order valence-electron chi connectivity index (χ0n) is 22.2. The van der Waals surface area contributed by atoms with E-state index in [1.807, 2.05) is 18.2 Å². The van der Waals surface area contributed by atoms with Gasteiger partial charge in [0, 0.05) is 31.1 Å². The second kappa shape index (κ2) is 9.29. The fourth-order valence-electron chi connectivity index (χ4n) is 5.25. The van der Waals surface area contributed by atoms with Gasteiger partial charge in [-0.15, -0.1) is 0 Å². The molecule has 0 radical (unpaired) electrons. The summed E-state index contributed by atoms with van der Waals surface area (Å²) in [6.45, 7) is 4.46. The SMILES string of the molecule is COc1cc(N2c3ccccc3C(C)(C)c3ccccc32)c(OC)cc1C=C1C(=O)N(C)C(=S)N(C)C1=O. The number of anilines is 3. The average molecular weight is 528 g/mol. The highest BCUT2D eigenvalue weighted by atomic mass is 32.1. The Morgan fingerprint density at radius 1 is 0.763 bits per heavy atom. The topological polar surface area (TPSA) is 62.3 Å². The summed E-state index contributed by atoms with van der Waals surface area (Å²) in [5.74, 6) is 0.121. The maximum Gasteiger partial charge on any atom is 0.265 e. The van der Waals surface area contributed by atoms with Crippen LogP contribution in [0.1, 0.15) is 30.5 Å². The average Bonchev–Trinajstić information content (AvgIpc) is 2.93. The Morgan fingerprint density at radius 2 is 1.26 bits per heavy atom. The van der Waals surface area contributed by atoms with E-state index in [-0.39, 0.29) is 16.1 Å². The Kier molecular flexibility index (Phi) is 6.23. The van der Waals surface area contributed by atoms with Crippen LogP contribution < -0.4 is 14.4 Å². The molecule has 8 heteroatoms. The molecule has 38 heavy (non-hydrogen) atoms. The van der Waals surface area contributed by atoms with Crippen molar-refractivity contribution >= 4 is 52.3 Å². The highest BCUT2D eigenvalue weighted by molar-refractivity contribution is 7.80. The van der Waals surface area contributed by atoms with Crippen molar-refractivity contribution in [3.05, 3.63) is 82.9 Å². The van der Waals surface area contributed by atoms with E-state index < -0.39 is 11.8 Å². The van der Waals surface area contributed by atoms with Crippen molar-refractivity contribution < 1.29 is 19.1 Å². The van der Waals surface area contributed by atoms with Crippen LogP contribution in [0.2, 0.25) is 0 Å². The zero-order chi connectivity index (χ0) is 27.4. The van der Waals surface area contributed by atoms with Gasteiger partial charge >= 0.3 is 0 Å². The van der Waals surface area contributed by atoms with Gasteiger partial charge in [0.1, 0.15) is 17.1 Å². The number of methoxy groups -OCH3 is 2. The van der Waals surface area contributed by atoms with Crippen molar-refractivity contribution in [2.24, 2.45) is 0 Å². The summed E-state index contributed by atoms with van der Waals surface area (Å²) in [5, 5.41) is 0.155. The van der Waals surface area contributed by atoms with Crippen molar-refractivity contribution in [3.63, 3.8) is 0 Å². The quantitative estimate of drug-likeness (QED) is 0.257. The van der Waals surface area contributed by atoms with Gasteiger partial charge in [0.2, 0.25) is 0 Å². The standard InChI is InChI=1S/C30H29N3O4S/c1-30(2)20-11-7-9-13-22(20)33(23-14-10-8-12-21(23)30)24-17-25(36-5)18(16-26(24)37-6)15-19-27(34)31(3)29(38)32(4)28(19)35/h7-17H,1-6H3. The van der Waals surface area contributed by atoms with Gasteiger partial charge in [-0.1, -0.05) is 50.2 Å². The van der Waals surface area contributed by atoms with Gasteiger partial charge < -0.3 is 14.4 Å². The number of para-hydroxylation sites is 2. The number of hydrogen-bond acceptors (Lipinski definition) is 6. The second-order valence-corrected chi connectivity index (χ2v) is 10.2. The van der Waals surface area contributed by atoms with E-state index in [0.717, 1.165) is 17.1 Å². The molecule has 5 rings (SSSR count). The molecule has 2 amide bonds. The van der Waals surface area contributed by atoms with Crippen LogP contribution in [0.15, 0.2) is 66.2 Å². The van der Waals surface area contributed by atoms with Gasteiger partial charge in [0.05, 0.1) is 31.3 Å². The van der Waals surface area contributed by atoms with Crippen molar-refractivity contribution in [2.75, 3.05) is 33.2 Å². The van der Waals surface area contributed by atoms with Gasteiger partial charge in [-0.3, -0.25) is 19.4 Å². The minimum absolute atomic E-state index is 0.00730. The molecular weight excluding hydrogens is 498 g/mol. The second-order valence-electron chi connectivity index (χ2n) is 9.83.